The van der Waals surface area contributed by atoms with Gasteiger partial charge in [-0.25, -0.2) is 4.98 Å². The van der Waals surface area contributed by atoms with Gasteiger partial charge in [0.1, 0.15) is 5.52 Å². The Balaban J connectivity index is 1.75. The number of nitrogens with zero attached hydrogens (tertiary/aromatic N) is 3. The maximum absolute atomic E-state index is 9.20. The van der Waals surface area contributed by atoms with E-state index in [4.69, 9.17) is 20.5 Å². The first-order valence-electron chi connectivity index (χ1n) is 7.81. The lowest BCUT2D eigenvalue weighted by atomic mass is 10.1. The molecule has 0 bridgehead atoms. The van der Waals surface area contributed by atoms with E-state index in [0.29, 0.717) is 11.1 Å². The second-order valence-corrected chi connectivity index (χ2v) is 6.34. The third-order valence-corrected chi connectivity index (χ3v) is 4.40. The Morgan fingerprint density at radius 2 is 1.77 bits per heavy atom. The smallest absolute Gasteiger partial charge is 0.314 e. The van der Waals surface area contributed by atoms with Crippen molar-refractivity contribution in [3.8, 4) is 23.2 Å². The predicted molar refractivity (Wildman–Crippen MR) is 94.4 cm³/mol. The van der Waals surface area contributed by atoms with E-state index >= 15 is 0 Å². The highest BCUT2D eigenvalue weighted by atomic mass is 35.5. The van der Waals surface area contributed by atoms with Crippen LogP contribution in [-0.2, 0) is 0 Å². The first-order chi connectivity index (χ1) is 12.4. The van der Waals surface area contributed by atoms with Crippen LogP contribution in [0.5, 0.6) is 0 Å². The molecule has 26 heavy (non-hydrogen) atoms. The van der Waals surface area contributed by atoms with Gasteiger partial charge < -0.3 is 19.2 Å². The summed E-state index contributed by atoms with van der Waals surface area (Å²) in [6.45, 7) is 3.89. The lowest BCUT2D eigenvalue weighted by molar-refractivity contribution is -0.0424. The minimum Gasteiger partial charge on any atom is -0.432 e. The Morgan fingerprint density at radius 1 is 1.00 bits per heavy atom. The fourth-order valence-electron chi connectivity index (χ4n) is 2.64. The number of aliphatic hydroxyl groups is 2. The zero-order valence-corrected chi connectivity index (χ0v) is 14.7. The van der Waals surface area contributed by atoms with Crippen LogP contribution in [0.4, 0.5) is 0 Å². The Morgan fingerprint density at radius 3 is 2.46 bits per heavy atom. The topological polar surface area (TPSA) is 105 Å². The van der Waals surface area contributed by atoms with E-state index in [0.717, 1.165) is 16.6 Å². The van der Waals surface area contributed by atoms with Crippen LogP contribution in [-0.4, -0.2) is 25.3 Å². The second kappa shape index (κ2) is 6.21. The molecule has 2 aromatic carbocycles. The largest absolute Gasteiger partial charge is 0.432 e. The van der Waals surface area contributed by atoms with Crippen LogP contribution < -0.4 is 0 Å². The number of hydrogen-bond donors (Lipinski definition) is 2. The monoisotopic (exact) mass is 371 g/mol. The van der Waals surface area contributed by atoms with Crippen LogP contribution in [0, 0.1) is 13.8 Å². The van der Waals surface area contributed by atoms with Crippen molar-refractivity contribution in [2.45, 2.75) is 20.1 Å². The molecule has 7 nitrogen and oxygen atoms in total. The number of aliphatic hydroxyl groups excluding tert-OH is 1. The summed E-state index contributed by atoms with van der Waals surface area (Å²) in [5, 5.41) is 22.6. The Hall–Kier alpha value is -2.74. The zero-order valence-electron chi connectivity index (χ0n) is 13.9. The summed E-state index contributed by atoms with van der Waals surface area (Å²) in [5.41, 5.74) is 4.15. The van der Waals surface area contributed by atoms with Gasteiger partial charge in [0.2, 0.25) is 5.82 Å². The van der Waals surface area contributed by atoms with Crippen LogP contribution in [0.2, 0.25) is 5.02 Å². The van der Waals surface area contributed by atoms with Gasteiger partial charge in [0.15, 0.2) is 11.9 Å². The molecule has 2 N–H and O–H groups in total. The average Bonchev–Trinajstić information content (AvgIpc) is 3.25. The minimum absolute atomic E-state index is 0.136. The molecular weight excluding hydrogens is 358 g/mol. The van der Waals surface area contributed by atoms with Crippen molar-refractivity contribution in [1.29, 1.82) is 0 Å². The summed E-state index contributed by atoms with van der Waals surface area (Å²) in [7, 11) is 0. The van der Waals surface area contributed by atoms with Gasteiger partial charge in [-0.05, 0) is 37.1 Å². The highest BCUT2D eigenvalue weighted by molar-refractivity contribution is 6.33. The van der Waals surface area contributed by atoms with Gasteiger partial charge in [0.25, 0.3) is 5.89 Å². The summed E-state index contributed by atoms with van der Waals surface area (Å²) in [6.07, 6.45) is -1.60. The van der Waals surface area contributed by atoms with Crippen LogP contribution in [0.1, 0.15) is 23.0 Å². The van der Waals surface area contributed by atoms with Crippen molar-refractivity contribution in [2.24, 2.45) is 0 Å². The van der Waals surface area contributed by atoms with Crippen molar-refractivity contribution in [2.75, 3.05) is 0 Å². The van der Waals surface area contributed by atoms with Crippen molar-refractivity contribution >= 4 is 22.7 Å². The number of aryl methyl sites for hydroxylation is 2. The molecule has 0 aliphatic heterocycles. The molecule has 8 heteroatoms. The van der Waals surface area contributed by atoms with Crippen molar-refractivity contribution in [3.63, 3.8) is 0 Å². The summed E-state index contributed by atoms with van der Waals surface area (Å²) in [4.78, 5) is 8.75. The minimum atomic E-state index is -1.60. The maximum Gasteiger partial charge on any atom is 0.314 e. The number of benzene rings is 2. The predicted octanol–water partition coefficient (Wildman–Crippen LogP) is 3.80. The molecule has 0 unspecified atom stereocenters. The molecule has 0 amide bonds. The Bertz CT molecular complexity index is 1080. The van der Waals surface area contributed by atoms with E-state index < -0.39 is 6.29 Å². The molecule has 4 aromatic rings. The maximum atomic E-state index is 9.20. The molecule has 2 heterocycles. The van der Waals surface area contributed by atoms with Crippen LogP contribution in [0.15, 0.2) is 39.3 Å². The third-order valence-electron chi connectivity index (χ3n) is 4.08. The fraction of sp³-hybridized carbons (Fsp3) is 0.167. The molecule has 0 aliphatic rings. The third kappa shape index (κ3) is 2.76. The molecule has 0 radical (unpaired) electrons. The van der Waals surface area contributed by atoms with Gasteiger partial charge in [-0.3, -0.25) is 0 Å². The number of oxazole rings is 1. The summed E-state index contributed by atoms with van der Waals surface area (Å²) in [5.74, 6) is 0.617. The molecule has 0 aliphatic carbocycles. The molecule has 0 fully saturated rings. The molecule has 0 saturated carbocycles. The molecular formula is C18H14ClN3O4. The lowest BCUT2D eigenvalue weighted by Gasteiger charge is -2.05. The molecule has 4 rings (SSSR count). The van der Waals surface area contributed by atoms with Gasteiger partial charge in [-0.1, -0.05) is 35.0 Å². The van der Waals surface area contributed by atoms with Gasteiger partial charge in [0, 0.05) is 11.1 Å². The van der Waals surface area contributed by atoms with E-state index in [1.165, 1.54) is 12.1 Å². The average molecular weight is 372 g/mol. The standard InChI is InChI=1S/C18H14ClN3O4/c1-8-3-4-9(2)14-13(8)20-16(25-14)17-21-15(22-26-17)11-6-5-10(18(23)24)7-12(11)19/h3-7,18,23-24H,1-2H3. The molecule has 0 saturated heterocycles. The molecule has 0 spiro atoms. The van der Waals surface area contributed by atoms with Gasteiger partial charge in [-0.15, -0.1) is 0 Å². The Labute approximate surface area is 152 Å². The van der Waals surface area contributed by atoms with E-state index in [-0.39, 0.29) is 28.2 Å². The molecule has 0 atom stereocenters. The van der Waals surface area contributed by atoms with Gasteiger partial charge in [0.05, 0.1) is 5.02 Å². The number of aromatic nitrogens is 3. The number of rotatable bonds is 3. The number of hydrogen-bond acceptors (Lipinski definition) is 7. The van der Waals surface area contributed by atoms with E-state index in [1.807, 2.05) is 26.0 Å². The van der Waals surface area contributed by atoms with Crippen LogP contribution in [0.3, 0.4) is 0 Å². The van der Waals surface area contributed by atoms with Crippen LogP contribution in [0.25, 0.3) is 34.3 Å². The number of halogens is 1. The van der Waals surface area contributed by atoms with Crippen molar-refractivity contribution < 1.29 is 19.2 Å². The first-order valence-corrected chi connectivity index (χ1v) is 8.18. The fourth-order valence-corrected chi connectivity index (χ4v) is 2.92. The van der Waals surface area contributed by atoms with Crippen molar-refractivity contribution in [3.05, 3.63) is 52.0 Å². The van der Waals surface area contributed by atoms with Crippen LogP contribution >= 0.6 is 11.6 Å². The lowest BCUT2D eigenvalue weighted by Crippen LogP contribution is -1.95. The second-order valence-electron chi connectivity index (χ2n) is 5.93. The van der Waals surface area contributed by atoms with Gasteiger partial charge in [-0.2, -0.15) is 4.98 Å². The summed E-state index contributed by atoms with van der Waals surface area (Å²) in [6, 6.07) is 8.48. The zero-order chi connectivity index (χ0) is 18.4. The Kier molecular flexibility index (Phi) is 3.99. The summed E-state index contributed by atoms with van der Waals surface area (Å²) >= 11 is 6.19. The highest BCUT2D eigenvalue weighted by Gasteiger charge is 2.20. The quantitative estimate of drug-likeness (QED) is 0.527. The number of fused-ring (bicyclic) bond motifs is 1. The van der Waals surface area contributed by atoms with Gasteiger partial charge >= 0.3 is 5.89 Å². The van der Waals surface area contributed by atoms with E-state index in [9.17, 15) is 10.2 Å². The first kappa shape index (κ1) is 16.7. The normalized spacial score (nSPS) is 11.6. The molecule has 132 valence electrons. The summed E-state index contributed by atoms with van der Waals surface area (Å²) < 4.78 is 11.1. The molecule has 2 aromatic heterocycles. The van der Waals surface area contributed by atoms with E-state index in [1.54, 1.807) is 6.07 Å². The van der Waals surface area contributed by atoms with E-state index in [2.05, 4.69) is 15.1 Å². The highest BCUT2D eigenvalue weighted by Crippen LogP contribution is 2.31. The SMILES string of the molecule is Cc1ccc(C)c2oc(-c3nc(-c4ccc(C(O)O)cc4Cl)no3)nc12. The van der Waals surface area contributed by atoms with Crippen molar-refractivity contribution in [1.82, 2.24) is 15.1 Å².